The highest BCUT2D eigenvalue weighted by atomic mass is 32.2. The van der Waals surface area contributed by atoms with Gasteiger partial charge in [0.15, 0.2) is 0 Å². The number of benzene rings is 4. The molecular weight excluding hydrogens is 707 g/mol. The molecule has 3 heterocycles. The summed E-state index contributed by atoms with van der Waals surface area (Å²) in [5.41, 5.74) is 8.67. The average molecular weight is 742 g/mol. The van der Waals surface area contributed by atoms with Gasteiger partial charge >= 0.3 is 5.97 Å². The number of amides is 1. The summed E-state index contributed by atoms with van der Waals surface area (Å²) in [6.45, 7) is 1.70. The summed E-state index contributed by atoms with van der Waals surface area (Å²) in [6, 6.07) is 36.5. The molecule has 5 aromatic rings. The highest BCUT2D eigenvalue weighted by Gasteiger charge is 2.42. The fourth-order valence-corrected chi connectivity index (χ4v) is 10.3. The number of thiazole rings is 1. The fourth-order valence-electron chi connectivity index (χ4n) is 7.69. The van der Waals surface area contributed by atoms with Gasteiger partial charge in [-0.3, -0.25) is 23.9 Å². The van der Waals surface area contributed by atoms with Crippen LogP contribution in [0.4, 0.5) is 11.4 Å². The number of carboxylic acids is 1. The topological polar surface area (TPSA) is 82.9 Å². The molecule has 0 radical (unpaired) electrons. The Morgan fingerprint density at radius 3 is 2.21 bits per heavy atom. The van der Waals surface area contributed by atoms with Gasteiger partial charge in [0.1, 0.15) is 20.4 Å². The Hall–Kier alpha value is -5.03. The third kappa shape index (κ3) is 6.25. The molecule has 7 nitrogen and oxygen atoms in total. The predicted octanol–water partition coefficient (Wildman–Crippen LogP) is 7.19. The van der Waals surface area contributed by atoms with Crippen LogP contribution in [0.2, 0.25) is 0 Å². The van der Waals surface area contributed by atoms with Crippen molar-refractivity contribution in [1.29, 1.82) is 0 Å². The third-order valence-corrected chi connectivity index (χ3v) is 12.7. The molecule has 2 atom stereocenters. The Morgan fingerprint density at radius 1 is 0.904 bits per heavy atom. The monoisotopic (exact) mass is 741 g/mol. The Balaban J connectivity index is 1.15. The predicted molar refractivity (Wildman–Crippen MR) is 215 cm³/mol. The van der Waals surface area contributed by atoms with Gasteiger partial charge in [-0.2, -0.15) is 0 Å². The number of carbonyl (C=O) groups excluding carboxylic acids is 1. The Kier molecular flexibility index (Phi) is 9.29. The number of carbonyl (C=O) groups is 2. The van der Waals surface area contributed by atoms with Gasteiger partial charge in [-0.05, 0) is 89.6 Å². The zero-order valence-corrected chi connectivity index (χ0v) is 30.8. The molecule has 4 aromatic carbocycles. The lowest BCUT2D eigenvalue weighted by Gasteiger charge is -2.27. The van der Waals surface area contributed by atoms with Crippen molar-refractivity contribution in [3.8, 4) is 0 Å². The fraction of sp³-hybridized carbons (Fsp3) is 0.190. The van der Waals surface area contributed by atoms with Crippen molar-refractivity contribution in [2.45, 2.75) is 44.7 Å². The van der Waals surface area contributed by atoms with E-state index in [4.69, 9.17) is 12.2 Å². The lowest BCUT2D eigenvalue weighted by molar-refractivity contribution is -0.137. The molecule has 1 N–H and O–H groups in total. The van der Waals surface area contributed by atoms with E-state index in [1.165, 1.54) is 37.4 Å². The smallest absolute Gasteiger partial charge is 0.323 e. The zero-order valence-electron chi connectivity index (χ0n) is 28.4. The van der Waals surface area contributed by atoms with E-state index in [-0.39, 0.29) is 5.91 Å². The maximum Gasteiger partial charge on any atom is 0.323 e. The van der Waals surface area contributed by atoms with Crippen LogP contribution in [0, 0.1) is 0 Å². The van der Waals surface area contributed by atoms with Crippen LogP contribution in [0.25, 0.3) is 22.6 Å². The van der Waals surface area contributed by atoms with Crippen LogP contribution < -0.4 is 19.7 Å². The van der Waals surface area contributed by atoms with E-state index in [2.05, 4.69) is 95.9 Å². The van der Waals surface area contributed by atoms with Crippen molar-refractivity contribution in [1.82, 2.24) is 9.47 Å². The van der Waals surface area contributed by atoms with Crippen molar-refractivity contribution in [3.05, 3.63) is 150 Å². The van der Waals surface area contributed by atoms with Crippen molar-refractivity contribution < 1.29 is 14.7 Å². The van der Waals surface area contributed by atoms with Crippen LogP contribution in [0.3, 0.4) is 0 Å². The summed E-state index contributed by atoms with van der Waals surface area (Å²) >= 11 is 7.65. The van der Waals surface area contributed by atoms with E-state index in [9.17, 15) is 19.5 Å². The van der Waals surface area contributed by atoms with E-state index in [0.29, 0.717) is 36.9 Å². The largest absolute Gasteiger partial charge is 0.480 e. The lowest BCUT2D eigenvalue weighted by atomic mass is 9.95. The summed E-state index contributed by atoms with van der Waals surface area (Å²) in [5, 5.41) is 9.62. The molecule has 10 heteroatoms. The summed E-state index contributed by atoms with van der Waals surface area (Å²) in [7, 11) is 0. The number of aliphatic carboxylic acids is 1. The van der Waals surface area contributed by atoms with Crippen LogP contribution in [0.5, 0.6) is 0 Å². The molecule has 1 saturated carbocycles. The number of thiocarbonyl (C=S) groups is 1. The average Bonchev–Trinajstić information content (AvgIpc) is 3.90. The third-order valence-electron chi connectivity index (χ3n) is 10.0. The van der Waals surface area contributed by atoms with E-state index >= 15 is 0 Å². The standard InChI is InChI=1S/C42H35N3O4S3/c1-2-43-40(49)38(52-42(43)50)41-44(25-37(46)47)39(48)36(51-41)24-27-18-21-35-33(23-27)31-14-9-15-34(31)45(35)30-19-16-26(17-20-30)22-32(28-10-5-3-6-11-28)29-12-7-4-8-13-29/h3-8,10-13,16-24,31,34H,2,9,14-15,25H2,1H3,(H,46,47)/b36-24+,41-38-/t31-,34+/m0/s1. The second-order valence-electron chi connectivity index (χ2n) is 13.1. The Bertz CT molecular complexity index is 2390. The van der Waals surface area contributed by atoms with Gasteiger partial charge in [0, 0.05) is 29.9 Å². The van der Waals surface area contributed by atoms with Gasteiger partial charge in [-0.1, -0.05) is 109 Å². The minimum atomic E-state index is -1.15. The second kappa shape index (κ2) is 14.2. The van der Waals surface area contributed by atoms with Gasteiger partial charge in [-0.15, -0.1) is 11.3 Å². The lowest BCUT2D eigenvalue weighted by Crippen LogP contribution is -2.35. The van der Waals surface area contributed by atoms with Crippen LogP contribution in [0.1, 0.15) is 59.9 Å². The van der Waals surface area contributed by atoms with Crippen LogP contribution >= 0.6 is 35.3 Å². The van der Waals surface area contributed by atoms with Gasteiger partial charge in [0.05, 0.1) is 4.53 Å². The van der Waals surface area contributed by atoms with E-state index in [1.807, 2.05) is 31.2 Å². The second-order valence-corrected chi connectivity index (χ2v) is 15.8. The number of hydrogen-bond donors (Lipinski definition) is 1. The van der Waals surface area contributed by atoms with Crippen molar-refractivity contribution in [2.75, 3.05) is 11.4 Å². The van der Waals surface area contributed by atoms with Gasteiger partial charge < -0.3 is 10.0 Å². The van der Waals surface area contributed by atoms with Crippen LogP contribution in [-0.2, 0) is 16.1 Å². The summed E-state index contributed by atoms with van der Waals surface area (Å²) < 4.78 is 2.29. The molecule has 260 valence electrons. The SMILES string of the molecule is CCN1C(=O)/C(=c2/s/c(=C/c3ccc4c(c3)[C@@H]3CCC[C@H]3N4c3ccc(C=C(c4ccccc4)c4ccccc4)cc3)c(=O)n2CC(=O)O)SC1=S. The first kappa shape index (κ1) is 34.1. The number of fused-ring (bicyclic) bond motifs is 3. The molecule has 3 aliphatic rings. The van der Waals surface area contributed by atoms with Gasteiger partial charge in [0.25, 0.3) is 11.5 Å². The number of hydrogen-bond acceptors (Lipinski definition) is 7. The molecule has 2 aliphatic heterocycles. The van der Waals surface area contributed by atoms with E-state index < -0.39 is 18.1 Å². The highest BCUT2D eigenvalue weighted by Crippen LogP contribution is 2.52. The van der Waals surface area contributed by atoms with Crippen molar-refractivity contribution >= 4 is 85.5 Å². The van der Waals surface area contributed by atoms with Crippen LogP contribution in [0.15, 0.2) is 108 Å². The maximum absolute atomic E-state index is 13.6. The number of carboxylic acid groups (broad SMARTS) is 1. The first-order valence-electron chi connectivity index (χ1n) is 17.4. The highest BCUT2D eigenvalue weighted by molar-refractivity contribution is 8.30. The van der Waals surface area contributed by atoms with E-state index in [0.717, 1.165) is 59.2 Å². The van der Waals surface area contributed by atoms with Gasteiger partial charge in [-0.25, -0.2) is 0 Å². The van der Waals surface area contributed by atoms with Crippen LogP contribution in [-0.4, -0.2) is 43.4 Å². The molecule has 1 aliphatic carbocycles. The molecule has 0 spiro atoms. The first-order valence-corrected chi connectivity index (χ1v) is 19.4. The molecule has 0 bridgehead atoms. The molecule has 52 heavy (non-hydrogen) atoms. The van der Waals surface area contributed by atoms with E-state index in [1.54, 1.807) is 0 Å². The minimum absolute atomic E-state index is 0.297. The summed E-state index contributed by atoms with van der Waals surface area (Å²) in [4.78, 5) is 42.8. The number of anilines is 2. The Morgan fingerprint density at radius 2 is 1.58 bits per heavy atom. The van der Waals surface area contributed by atoms with Crippen molar-refractivity contribution in [2.24, 2.45) is 0 Å². The molecular formula is C42H35N3O4S3. The number of aromatic nitrogens is 1. The minimum Gasteiger partial charge on any atom is -0.480 e. The first-order chi connectivity index (χ1) is 25.3. The number of thioether (sulfide) groups is 1. The van der Waals surface area contributed by atoms with Crippen molar-refractivity contribution in [3.63, 3.8) is 0 Å². The quantitative estimate of drug-likeness (QED) is 0.133. The normalized spacial score (nSPS) is 19.3. The molecule has 1 aromatic heterocycles. The molecule has 1 saturated heterocycles. The Labute approximate surface area is 314 Å². The number of rotatable bonds is 8. The maximum atomic E-state index is 13.6. The molecule has 1 amide bonds. The molecule has 0 unspecified atom stereocenters. The number of nitrogens with zero attached hydrogens (tertiary/aromatic N) is 3. The summed E-state index contributed by atoms with van der Waals surface area (Å²) in [5.74, 6) is -1.08. The van der Waals surface area contributed by atoms with Gasteiger partial charge in [0.2, 0.25) is 0 Å². The zero-order chi connectivity index (χ0) is 35.9. The molecule has 8 rings (SSSR count). The molecule has 2 fully saturated rings. The summed E-state index contributed by atoms with van der Waals surface area (Å²) in [6.07, 6.45) is 7.41.